The van der Waals surface area contributed by atoms with Gasteiger partial charge in [-0.2, -0.15) is 11.2 Å². The van der Waals surface area contributed by atoms with E-state index in [9.17, 15) is 0 Å². The Morgan fingerprint density at radius 1 is 1.75 bits per heavy atom. The molecule has 0 N–H and O–H groups in total. The van der Waals surface area contributed by atoms with Gasteiger partial charge in [0.25, 0.3) is 0 Å². The third kappa shape index (κ3) is 0.212. The van der Waals surface area contributed by atoms with E-state index in [1.54, 1.807) is 0 Å². The van der Waals surface area contributed by atoms with Crippen molar-refractivity contribution in [1.29, 1.82) is 0 Å². The van der Waals surface area contributed by atoms with Gasteiger partial charge < -0.3 is 0 Å². The topological polar surface area (TPSA) is 0 Å². The van der Waals surface area contributed by atoms with E-state index >= 15 is 0 Å². The van der Waals surface area contributed by atoms with Gasteiger partial charge >= 0.3 is 0 Å². The Balaban J connectivity index is 2.47. The van der Waals surface area contributed by atoms with Crippen molar-refractivity contribution in [3.8, 4) is 0 Å². The number of hydrogen-bond donors (Lipinski definition) is 0. The summed E-state index contributed by atoms with van der Waals surface area (Å²) in [6, 6.07) is 0. The summed E-state index contributed by atoms with van der Waals surface area (Å²) < 4.78 is 0. The molecule has 22 valence electrons. The highest BCUT2D eigenvalue weighted by Gasteiger charge is 1.83. The van der Waals surface area contributed by atoms with E-state index in [4.69, 9.17) is 0 Å². The molecule has 1 heterocycles. The van der Waals surface area contributed by atoms with E-state index in [1.807, 2.05) is 11.2 Å². The lowest BCUT2D eigenvalue weighted by atomic mass is 11.2. The summed E-state index contributed by atoms with van der Waals surface area (Å²) in [5.41, 5.74) is 2.28. The molecule has 0 bridgehead atoms. The van der Waals surface area contributed by atoms with Crippen LogP contribution in [0.5, 0.6) is 0 Å². The van der Waals surface area contributed by atoms with Crippen molar-refractivity contribution in [1.82, 2.24) is 0 Å². The summed E-state index contributed by atoms with van der Waals surface area (Å²) >= 11 is 2.00. The summed E-state index contributed by atoms with van der Waals surface area (Å²) in [6.07, 6.45) is 0. The summed E-state index contributed by atoms with van der Waals surface area (Å²) in [4.78, 5) is 0. The maximum Gasteiger partial charge on any atom is 0.115 e. The summed E-state index contributed by atoms with van der Waals surface area (Å²) in [5, 5.41) is 2.16. The smallest absolute Gasteiger partial charge is 0.115 e. The maximum atomic E-state index is 2.28. The Hall–Kier alpha value is 0.307. The molecule has 1 aliphatic rings. The summed E-state index contributed by atoms with van der Waals surface area (Å²) in [5.74, 6) is 0. The van der Waals surface area contributed by atoms with Crippen molar-refractivity contribution in [2.24, 2.45) is 0 Å². The van der Waals surface area contributed by atoms with E-state index in [1.165, 1.54) is 0 Å². The fraction of sp³-hybridized carbons (Fsp3) is 0. The molecule has 0 amide bonds. The molecular weight excluding hydrogens is 84.2 g/mol. The van der Waals surface area contributed by atoms with Crippen molar-refractivity contribution in [3.05, 3.63) is 11.1 Å². The highest BCUT2D eigenvalue weighted by atomic mass is 32.4. The van der Waals surface area contributed by atoms with Crippen LogP contribution in [0.25, 0.3) is 0 Å². The Bertz CT molecular complexity index is 35.3. The molecule has 1 aliphatic heterocycles. The predicted molar refractivity (Wildman–Crippen MR) is 25.3 cm³/mol. The molecule has 0 radical (unpaired) electrons. The fourth-order valence-electron chi connectivity index (χ4n) is 0.0962. The first-order valence-electron chi connectivity index (χ1n) is 1.27. The first kappa shape index (κ1) is 2.54. The van der Waals surface area contributed by atoms with E-state index in [2.05, 4.69) is 11.1 Å². The molecule has 0 atom stereocenters. The molecule has 1 rings (SSSR count). The molecule has 0 saturated heterocycles. The van der Waals surface area contributed by atoms with Gasteiger partial charge in [-0.3, -0.25) is 0 Å². The summed E-state index contributed by atoms with van der Waals surface area (Å²) in [7, 11) is 0.341. The SMILES string of the molecule is C1=CS[SiH2]1. The molecule has 0 aromatic heterocycles. The second-order valence-electron chi connectivity index (χ2n) is 0.705. The van der Waals surface area contributed by atoms with Crippen LogP contribution in [-0.4, -0.2) is 8.67 Å². The third-order valence-electron chi connectivity index (χ3n) is 0.385. The van der Waals surface area contributed by atoms with Crippen molar-refractivity contribution < 1.29 is 0 Å². The minimum absolute atomic E-state index is 0.341. The van der Waals surface area contributed by atoms with Crippen LogP contribution in [0.3, 0.4) is 0 Å². The largest absolute Gasteiger partial charge is 0.163 e. The molecule has 0 aliphatic carbocycles. The van der Waals surface area contributed by atoms with Crippen LogP contribution in [0.2, 0.25) is 0 Å². The van der Waals surface area contributed by atoms with Gasteiger partial charge in [-0.25, -0.2) is 0 Å². The van der Waals surface area contributed by atoms with Crippen molar-refractivity contribution in [2.75, 3.05) is 0 Å². The minimum Gasteiger partial charge on any atom is -0.163 e. The van der Waals surface area contributed by atoms with Crippen LogP contribution < -0.4 is 0 Å². The monoisotopic (exact) mass is 88.0 g/mol. The van der Waals surface area contributed by atoms with E-state index in [-0.39, 0.29) is 0 Å². The lowest BCUT2D eigenvalue weighted by Crippen LogP contribution is -1.78. The molecule has 4 heavy (non-hydrogen) atoms. The molecule has 0 aromatic rings. The Morgan fingerprint density at radius 3 is 2.00 bits per heavy atom. The zero-order valence-corrected chi connectivity index (χ0v) is 4.50. The lowest BCUT2D eigenvalue weighted by molar-refractivity contribution is 2.47. The third-order valence-corrected chi connectivity index (χ3v) is 3.46. The molecule has 0 saturated carbocycles. The molecule has 0 nitrogen and oxygen atoms in total. The minimum atomic E-state index is 0.341. The lowest BCUT2D eigenvalue weighted by Gasteiger charge is -1.91. The molecule has 0 unspecified atom stereocenters. The highest BCUT2D eigenvalue weighted by Crippen LogP contribution is 2.07. The molecule has 0 aromatic carbocycles. The predicted octanol–water partition coefficient (Wildman–Crippen LogP) is 0.288. The highest BCUT2D eigenvalue weighted by molar-refractivity contribution is 8.27. The van der Waals surface area contributed by atoms with Gasteiger partial charge in [0.05, 0.1) is 0 Å². The fourth-order valence-corrected chi connectivity index (χ4v) is 0.866. The standard InChI is InChI=1S/C2H4SSi/c1-2-4-3-1/h1-2H,4H2. The molecular formula is C2H4SSi. The maximum absolute atomic E-state index is 2.28. The number of hydrogen-bond acceptors (Lipinski definition) is 1. The van der Waals surface area contributed by atoms with Gasteiger partial charge in [0, 0.05) is 0 Å². The van der Waals surface area contributed by atoms with Gasteiger partial charge in [0.2, 0.25) is 0 Å². The van der Waals surface area contributed by atoms with E-state index < -0.39 is 0 Å². The zero-order valence-electron chi connectivity index (χ0n) is 2.27. The second kappa shape index (κ2) is 0.949. The average Bonchev–Trinajstić information content (AvgIpc) is 0.722. The van der Waals surface area contributed by atoms with Gasteiger partial charge in [0.15, 0.2) is 0 Å². The van der Waals surface area contributed by atoms with Gasteiger partial charge in [-0.05, 0) is 5.41 Å². The first-order valence-corrected chi connectivity index (χ1v) is 4.86. The van der Waals surface area contributed by atoms with Gasteiger partial charge in [-0.15, -0.1) is 0 Å². The molecule has 0 fully saturated rings. The van der Waals surface area contributed by atoms with Crippen LogP contribution in [0.15, 0.2) is 11.1 Å². The Morgan fingerprint density at radius 2 is 2.00 bits per heavy atom. The van der Waals surface area contributed by atoms with Crippen molar-refractivity contribution >= 4 is 19.9 Å². The average molecular weight is 88.2 g/mol. The number of rotatable bonds is 0. The van der Waals surface area contributed by atoms with Crippen LogP contribution >= 0.6 is 11.2 Å². The second-order valence-corrected chi connectivity index (χ2v) is 4.12. The van der Waals surface area contributed by atoms with Crippen molar-refractivity contribution in [2.45, 2.75) is 0 Å². The van der Waals surface area contributed by atoms with Crippen molar-refractivity contribution in [3.63, 3.8) is 0 Å². The molecule has 0 spiro atoms. The normalized spacial score (nSPS) is 26.0. The Kier molecular flexibility index (Phi) is 0.602. The quantitative estimate of drug-likeness (QED) is 0.383. The van der Waals surface area contributed by atoms with E-state index in [0.717, 1.165) is 0 Å². The molecule has 2 heteroatoms. The van der Waals surface area contributed by atoms with Crippen LogP contribution in [0.4, 0.5) is 0 Å². The van der Waals surface area contributed by atoms with Gasteiger partial charge in [0.1, 0.15) is 8.67 Å². The summed E-state index contributed by atoms with van der Waals surface area (Å²) in [6.45, 7) is 0. The first-order chi connectivity index (χ1) is 2.00. The van der Waals surface area contributed by atoms with Crippen LogP contribution in [-0.2, 0) is 0 Å². The Labute approximate surface area is 31.7 Å². The van der Waals surface area contributed by atoms with Gasteiger partial charge in [-0.1, -0.05) is 5.70 Å². The van der Waals surface area contributed by atoms with E-state index in [0.29, 0.717) is 8.67 Å². The van der Waals surface area contributed by atoms with Crippen LogP contribution in [0, 0.1) is 0 Å². The van der Waals surface area contributed by atoms with Crippen LogP contribution in [0.1, 0.15) is 0 Å². The zero-order chi connectivity index (χ0) is 2.83.